The summed E-state index contributed by atoms with van der Waals surface area (Å²) in [5, 5.41) is 0. The van der Waals surface area contributed by atoms with Crippen molar-refractivity contribution >= 4 is 32.2 Å². The van der Waals surface area contributed by atoms with E-state index in [4.69, 9.17) is 5.90 Å². The Morgan fingerprint density at radius 2 is 2.18 bits per heavy atom. The summed E-state index contributed by atoms with van der Waals surface area (Å²) in [6, 6.07) is 0. The van der Waals surface area contributed by atoms with Crippen molar-refractivity contribution in [3.63, 3.8) is 0 Å². The fourth-order valence-corrected chi connectivity index (χ4v) is 6.17. The van der Waals surface area contributed by atoms with Crippen molar-refractivity contribution in [1.82, 2.24) is 0 Å². The van der Waals surface area contributed by atoms with Gasteiger partial charge in [0.05, 0.1) is 9.38 Å². The third kappa shape index (κ3) is 1.67. The molecule has 0 spiro atoms. The molecule has 97 valence electrons. The molecule has 0 aromatic carbocycles. The molecule has 0 heterocycles. The van der Waals surface area contributed by atoms with E-state index in [9.17, 15) is 13.6 Å². The first-order valence-corrected chi connectivity index (χ1v) is 7.97. The van der Waals surface area contributed by atoms with Crippen molar-refractivity contribution in [2.24, 2.45) is 22.6 Å². The van der Waals surface area contributed by atoms with Crippen molar-refractivity contribution in [2.45, 2.75) is 31.5 Å². The molecule has 2 fully saturated rings. The number of ketones is 1. The molecule has 0 aromatic heterocycles. The minimum atomic E-state index is -3.77. The number of alkyl halides is 1. The van der Waals surface area contributed by atoms with Crippen molar-refractivity contribution in [3.8, 4) is 0 Å². The lowest BCUT2D eigenvalue weighted by molar-refractivity contribution is -0.127. The highest BCUT2D eigenvalue weighted by molar-refractivity contribution is 9.10. The minimum absolute atomic E-state index is 0.0323. The molecule has 0 aromatic rings. The molecule has 2 N–H and O–H groups in total. The van der Waals surface area contributed by atoms with E-state index in [0.29, 0.717) is 0 Å². The minimum Gasteiger partial charge on any atom is -0.298 e. The van der Waals surface area contributed by atoms with Crippen LogP contribution < -0.4 is 5.90 Å². The van der Waals surface area contributed by atoms with Gasteiger partial charge in [0.1, 0.15) is 0 Å². The molecule has 1 unspecified atom stereocenters. The first-order chi connectivity index (χ1) is 7.68. The van der Waals surface area contributed by atoms with Crippen molar-refractivity contribution in [2.75, 3.05) is 5.75 Å². The third-order valence-electron chi connectivity index (χ3n) is 4.81. The Balaban J connectivity index is 2.39. The number of carbonyl (C=O) groups is 1. The highest BCUT2D eigenvalue weighted by atomic mass is 79.9. The molecule has 0 saturated heterocycles. The maximum Gasteiger partial charge on any atom is 0.413 e. The second-order valence-corrected chi connectivity index (χ2v) is 8.04. The van der Waals surface area contributed by atoms with Crippen LogP contribution in [0.25, 0.3) is 0 Å². The predicted molar refractivity (Wildman–Crippen MR) is 65.5 cm³/mol. The van der Waals surface area contributed by atoms with Crippen LogP contribution in [-0.4, -0.2) is 16.4 Å². The van der Waals surface area contributed by atoms with E-state index in [1.807, 2.05) is 13.8 Å². The zero-order valence-electron chi connectivity index (χ0n) is 9.77. The average molecular weight is 326 g/mol. The van der Waals surface area contributed by atoms with Gasteiger partial charge in [0.25, 0.3) is 0 Å². The van der Waals surface area contributed by atoms with Crippen LogP contribution in [0, 0.1) is 16.7 Å². The Morgan fingerprint density at radius 3 is 2.59 bits per heavy atom. The Kier molecular flexibility index (Phi) is 3.07. The van der Waals surface area contributed by atoms with Crippen LogP contribution in [0.3, 0.4) is 0 Å². The molecule has 2 saturated carbocycles. The number of fused-ring (bicyclic) bond motifs is 2. The molecular formula is C10H16BrNO4S+. The number of Topliss-reactive ketones (excluding diaryl/α,β-unsaturated/α-hetero) is 1. The summed E-state index contributed by atoms with van der Waals surface area (Å²) in [7, 11) is -3.77. The first kappa shape index (κ1) is 13.6. The lowest BCUT2D eigenvalue weighted by atomic mass is 9.70. The van der Waals surface area contributed by atoms with E-state index in [0.717, 1.165) is 12.8 Å². The molecule has 2 bridgehead atoms. The van der Waals surface area contributed by atoms with Crippen molar-refractivity contribution in [1.29, 1.82) is 0 Å². The molecule has 5 atom stereocenters. The number of hydrogen-bond donors (Lipinski definition) is 1. The van der Waals surface area contributed by atoms with Crippen LogP contribution in [-0.2, 0) is 28.3 Å². The van der Waals surface area contributed by atoms with Gasteiger partial charge in [0.2, 0.25) is 0 Å². The summed E-state index contributed by atoms with van der Waals surface area (Å²) in [6.45, 7) is 3.70. The highest BCUT2D eigenvalue weighted by Gasteiger charge is 2.71. The zero-order valence-corrected chi connectivity index (χ0v) is 12.2. The van der Waals surface area contributed by atoms with Crippen LogP contribution in [0.1, 0.15) is 26.7 Å². The van der Waals surface area contributed by atoms with Gasteiger partial charge in [-0.3, -0.25) is 4.79 Å². The quantitative estimate of drug-likeness (QED) is 0.482. The maximum absolute atomic E-state index is 12.2. The van der Waals surface area contributed by atoms with E-state index in [1.54, 1.807) is 0 Å². The Morgan fingerprint density at radius 1 is 1.59 bits per heavy atom. The van der Waals surface area contributed by atoms with Gasteiger partial charge in [-0.1, -0.05) is 29.8 Å². The number of rotatable bonds is 3. The SMILES string of the molecule is C[C@]1(C[S+]([O])(=O)ON)[C@H]2CC[C@]1(C)C(=O)[C@@H]2Br. The second kappa shape index (κ2) is 3.84. The molecule has 2 aliphatic carbocycles. The number of nitrogens with two attached hydrogens (primary N) is 1. The molecule has 17 heavy (non-hydrogen) atoms. The molecule has 1 radical (unpaired) electrons. The highest BCUT2D eigenvalue weighted by Crippen LogP contribution is 2.66. The lowest BCUT2D eigenvalue weighted by Gasteiger charge is -2.33. The van der Waals surface area contributed by atoms with Crippen molar-refractivity contribution < 1.29 is 17.8 Å². The summed E-state index contributed by atoms with van der Waals surface area (Å²) in [6.07, 6.45) is 1.59. The standard InChI is InChI=1S/C10H16BrNO4S/c1-9-4-3-6(7(11)8(9)13)10(9,2)5-17(14,15)16-12/h6-7H,3-5,12H2,1-2H3/q+1/t6-,7+,9+,10-/m0/s1. The van der Waals surface area contributed by atoms with Gasteiger partial charge >= 0.3 is 10.5 Å². The van der Waals surface area contributed by atoms with Gasteiger partial charge in [-0.25, -0.2) is 0 Å². The lowest BCUT2D eigenvalue weighted by Crippen LogP contribution is -2.42. The van der Waals surface area contributed by atoms with E-state index < -0.39 is 21.3 Å². The number of halogens is 1. The van der Waals surface area contributed by atoms with Crippen LogP contribution in [0.5, 0.6) is 0 Å². The van der Waals surface area contributed by atoms with Gasteiger partial charge in [0, 0.05) is 10.8 Å². The van der Waals surface area contributed by atoms with Gasteiger partial charge in [-0.15, -0.1) is 0 Å². The van der Waals surface area contributed by atoms with Crippen LogP contribution >= 0.6 is 15.9 Å². The summed E-state index contributed by atoms with van der Waals surface area (Å²) >= 11 is 3.38. The summed E-state index contributed by atoms with van der Waals surface area (Å²) < 4.78 is 27.2. The fraction of sp³-hybridized carbons (Fsp3) is 0.900. The largest absolute Gasteiger partial charge is 0.413 e. The van der Waals surface area contributed by atoms with E-state index in [2.05, 4.69) is 20.2 Å². The first-order valence-electron chi connectivity index (χ1n) is 5.47. The Hall–Kier alpha value is 0.180. The van der Waals surface area contributed by atoms with Gasteiger partial charge < -0.3 is 0 Å². The molecule has 0 aliphatic heterocycles. The number of carbonyl (C=O) groups excluding carboxylic acids is 1. The van der Waals surface area contributed by atoms with E-state index >= 15 is 0 Å². The fourth-order valence-electron chi connectivity index (χ4n) is 3.49. The van der Waals surface area contributed by atoms with E-state index in [1.165, 1.54) is 0 Å². The maximum atomic E-state index is 12.2. The normalized spacial score (nSPS) is 48.4. The molecule has 2 aliphatic rings. The molecule has 7 heteroatoms. The Bertz CT molecular complexity index is 417. The Labute approximate surface area is 110 Å². The summed E-state index contributed by atoms with van der Waals surface area (Å²) in [4.78, 5) is 11.9. The average Bonchev–Trinajstić information content (AvgIpc) is 2.55. The number of hydrogen-bond acceptors (Lipinski definition) is 4. The zero-order chi connectivity index (χ0) is 13.1. The smallest absolute Gasteiger partial charge is 0.298 e. The van der Waals surface area contributed by atoms with Crippen LogP contribution in [0.4, 0.5) is 0 Å². The molecular weight excluding hydrogens is 310 g/mol. The summed E-state index contributed by atoms with van der Waals surface area (Å²) in [5.74, 6) is 4.71. The van der Waals surface area contributed by atoms with Crippen LogP contribution in [0.15, 0.2) is 0 Å². The topological polar surface area (TPSA) is 89.3 Å². The van der Waals surface area contributed by atoms with E-state index in [-0.39, 0.29) is 22.3 Å². The van der Waals surface area contributed by atoms with Gasteiger partial charge in [-0.2, -0.15) is 5.90 Å². The second-order valence-electron chi connectivity index (χ2n) is 5.46. The third-order valence-corrected chi connectivity index (χ3v) is 7.11. The van der Waals surface area contributed by atoms with Gasteiger partial charge in [-0.05, 0) is 27.3 Å². The monoisotopic (exact) mass is 325 g/mol. The van der Waals surface area contributed by atoms with Crippen LogP contribution in [0.2, 0.25) is 0 Å². The molecule has 2 rings (SSSR count). The van der Waals surface area contributed by atoms with Crippen molar-refractivity contribution in [3.05, 3.63) is 0 Å². The summed E-state index contributed by atoms with van der Waals surface area (Å²) in [5.41, 5.74) is -1.20. The molecule has 5 nitrogen and oxygen atoms in total. The van der Waals surface area contributed by atoms with Gasteiger partial charge in [0.15, 0.2) is 11.5 Å². The predicted octanol–water partition coefficient (Wildman–Crippen LogP) is 1.41. The molecule has 0 amide bonds.